The van der Waals surface area contributed by atoms with Crippen LogP contribution in [0.2, 0.25) is 0 Å². The zero-order valence-electron chi connectivity index (χ0n) is 9.58. The third-order valence-electron chi connectivity index (χ3n) is 2.44. The molecule has 1 heterocycles. The Labute approximate surface area is 104 Å². The van der Waals surface area contributed by atoms with Gasteiger partial charge < -0.3 is 4.74 Å². The van der Waals surface area contributed by atoms with Crippen molar-refractivity contribution in [3.63, 3.8) is 0 Å². The normalized spacial score (nSPS) is 19.1. The molecule has 17 heavy (non-hydrogen) atoms. The second-order valence-corrected chi connectivity index (χ2v) is 5.03. The lowest BCUT2D eigenvalue weighted by atomic mass is 10.1. The molecule has 0 saturated carbocycles. The van der Waals surface area contributed by atoms with E-state index in [9.17, 15) is 10.0 Å². The molecule has 1 aliphatic heterocycles. The zero-order chi connectivity index (χ0) is 12.4. The van der Waals surface area contributed by atoms with Crippen molar-refractivity contribution in [2.45, 2.75) is 12.3 Å². The summed E-state index contributed by atoms with van der Waals surface area (Å²) in [5.41, 5.74) is 1.36. The number of hydrogen-bond acceptors (Lipinski definition) is 5. The molecule has 0 saturated heterocycles. The van der Waals surface area contributed by atoms with Gasteiger partial charge in [0.1, 0.15) is 5.37 Å². The molecule has 2 rings (SSSR count). The summed E-state index contributed by atoms with van der Waals surface area (Å²) in [4.78, 5) is 12.4. The largest absolute Gasteiger partial charge is 0.465 e. The van der Waals surface area contributed by atoms with Crippen LogP contribution in [0.25, 0.3) is 0 Å². The molecule has 5 heteroatoms. The van der Waals surface area contributed by atoms with Gasteiger partial charge in [0.2, 0.25) is 0 Å². The number of thioether (sulfide) groups is 1. The quantitative estimate of drug-likeness (QED) is 0.819. The average molecular weight is 251 g/mol. The Balaban J connectivity index is 2.26. The number of carbonyl (C=O) groups excluding carboxylic acids is 1. The molecule has 1 atom stereocenters. The van der Waals surface area contributed by atoms with Crippen molar-refractivity contribution in [1.82, 2.24) is 5.06 Å². The van der Waals surface area contributed by atoms with Gasteiger partial charge in [0, 0.05) is 11.1 Å². The van der Waals surface area contributed by atoms with Crippen molar-refractivity contribution in [1.29, 1.82) is 0 Å². The van der Waals surface area contributed by atoms with Crippen molar-refractivity contribution in [2.24, 2.45) is 0 Å². The van der Waals surface area contributed by atoms with E-state index in [1.165, 1.54) is 18.9 Å². The van der Waals surface area contributed by atoms with Crippen LogP contribution in [0.5, 0.6) is 0 Å². The van der Waals surface area contributed by atoms with E-state index in [1.54, 1.807) is 24.4 Å². The number of esters is 1. The van der Waals surface area contributed by atoms with E-state index in [2.05, 4.69) is 4.74 Å². The van der Waals surface area contributed by atoms with Gasteiger partial charge in [0.15, 0.2) is 0 Å². The van der Waals surface area contributed by atoms with Gasteiger partial charge in [-0.2, -0.15) is 0 Å². The molecule has 0 bridgehead atoms. The number of allylic oxidation sites excluding steroid dienone is 1. The maximum atomic E-state index is 11.4. The van der Waals surface area contributed by atoms with Crippen LogP contribution < -0.4 is 0 Å². The third-order valence-corrected chi connectivity index (χ3v) is 3.63. The number of benzene rings is 1. The maximum Gasteiger partial charge on any atom is 0.337 e. The smallest absolute Gasteiger partial charge is 0.337 e. The summed E-state index contributed by atoms with van der Waals surface area (Å²) in [6, 6.07) is 7.08. The van der Waals surface area contributed by atoms with Crippen LogP contribution in [0.3, 0.4) is 0 Å². The number of carbonyl (C=O) groups is 1. The molecule has 1 N–H and O–H groups in total. The molecular formula is C12H13NO3S. The lowest BCUT2D eigenvalue weighted by Gasteiger charge is -2.18. The third kappa shape index (κ3) is 2.45. The monoisotopic (exact) mass is 251 g/mol. The fourth-order valence-electron chi connectivity index (χ4n) is 1.67. The Morgan fingerprint density at radius 2 is 2.29 bits per heavy atom. The Kier molecular flexibility index (Phi) is 3.40. The van der Waals surface area contributed by atoms with E-state index in [0.717, 1.165) is 15.5 Å². The average Bonchev–Trinajstić information content (AvgIpc) is 2.67. The summed E-state index contributed by atoms with van der Waals surface area (Å²) >= 11 is 1.54. The minimum atomic E-state index is -0.371. The molecule has 1 aliphatic rings. The Morgan fingerprint density at radius 3 is 2.88 bits per heavy atom. The second-order valence-electron chi connectivity index (χ2n) is 3.71. The molecule has 1 aromatic rings. The topological polar surface area (TPSA) is 49.8 Å². The van der Waals surface area contributed by atoms with Gasteiger partial charge in [-0.25, -0.2) is 9.86 Å². The molecular weight excluding hydrogens is 238 g/mol. The zero-order valence-corrected chi connectivity index (χ0v) is 10.4. The SMILES string of the molecule is COC(=O)c1cccc(C2SC(C)=CN2O)c1. The highest BCUT2D eigenvalue weighted by atomic mass is 32.2. The van der Waals surface area contributed by atoms with Gasteiger partial charge in [0.25, 0.3) is 0 Å². The summed E-state index contributed by atoms with van der Waals surface area (Å²) < 4.78 is 4.67. The summed E-state index contributed by atoms with van der Waals surface area (Å²) in [5, 5.41) is 10.7. The first kappa shape index (κ1) is 12.0. The Hall–Kier alpha value is -1.46. The molecule has 1 unspecified atom stereocenters. The predicted molar refractivity (Wildman–Crippen MR) is 65.5 cm³/mol. The highest BCUT2D eigenvalue weighted by Crippen LogP contribution is 2.42. The van der Waals surface area contributed by atoms with Crippen molar-refractivity contribution in [3.05, 3.63) is 46.5 Å². The van der Waals surface area contributed by atoms with Crippen LogP contribution >= 0.6 is 11.8 Å². The molecule has 0 radical (unpaired) electrons. The first-order valence-corrected chi connectivity index (χ1v) is 6.00. The number of nitrogens with zero attached hydrogens (tertiary/aromatic N) is 1. The van der Waals surface area contributed by atoms with Gasteiger partial charge in [-0.05, 0) is 24.6 Å². The van der Waals surface area contributed by atoms with Crippen LogP contribution in [0.4, 0.5) is 0 Å². The minimum absolute atomic E-state index is 0.195. The van der Waals surface area contributed by atoms with E-state index in [-0.39, 0.29) is 11.3 Å². The molecule has 0 aliphatic carbocycles. The molecule has 4 nitrogen and oxygen atoms in total. The van der Waals surface area contributed by atoms with Gasteiger partial charge in [-0.1, -0.05) is 23.9 Å². The number of hydrogen-bond donors (Lipinski definition) is 1. The van der Waals surface area contributed by atoms with E-state index in [4.69, 9.17) is 0 Å². The van der Waals surface area contributed by atoms with Gasteiger partial charge in [0.05, 0.1) is 12.7 Å². The van der Waals surface area contributed by atoms with E-state index in [1.807, 2.05) is 13.0 Å². The highest BCUT2D eigenvalue weighted by Gasteiger charge is 2.24. The van der Waals surface area contributed by atoms with Crippen molar-refractivity contribution >= 4 is 17.7 Å². The summed E-state index contributed by atoms with van der Waals surface area (Å²) in [5.74, 6) is -0.371. The van der Waals surface area contributed by atoms with Crippen molar-refractivity contribution < 1.29 is 14.7 Å². The molecule has 90 valence electrons. The molecule has 1 aromatic carbocycles. The van der Waals surface area contributed by atoms with Crippen LogP contribution in [0, 0.1) is 0 Å². The fourth-order valence-corrected chi connectivity index (χ4v) is 2.64. The predicted octanol–water partition coefficient (Wildman–Crippen LogP) is 2.77. The number of rotatable bonds is 2. The maximum absolute atomic E-state index is 11.4. The highest BCUT2D eigenvalue weighted by molar-refractivity contribution is 8.03. The van der Waals surface area contributed by atoms with Crippen LogP contribution in [0.15, 0.2) is 35.4 Å². The number of ether oxygens (including phenoxy) is 1. The van der Waals surface area contributed by atoms with Gasteiger partial charge in [-0.3, -0.25) is 5.21 Å². The summed E-state index contributed by atoms with van der Waals surface area (Å²) in [6.07, 6.45) is 1.67. The molecule has 0 fully saturated rings. The van der Waals surface area contributed by atoms with Crippen molar-refractivity contribution in [3.8, 4) is 0 Å². The first-order valence-electron chi connectivity index (χ1n) is 5.12. The number of methoxy groups -OCH3 is 1. The fraction of sp³-hybridized carbons (Fsp3) is 0.250. The van der Waals surface area contributed by atoms with E-state index in [0.29, 0.717) is 5.56 Å². The van der Waals surface area contributed by atoms with Crippen LogP contribution in [0.1, 0.15) is 28.2 Å². The summed E-state index contributed by atoms with van der Waals surface area (Å²) in [6.45, 7) is 1.93. The Morgan fingerprint density at radius 1 is 1.53 bits per heavy atom. The molecule has 0 aromatic heterocycles. The molecule has 0 amide bonds. The lowest BCUT2D eigenvalue weighted by Crippen LogP contribution is -2.13. The molecule has 0 spiro atoms. The van der Waals surface area contributed by atoms with Crippen LogP contribution in [-0.4, -0.2) is 23.3 Å². The van der Waals surface area contributed by atoms with Crippen molar-refractivity contribution in [2.75, 3.05) is 7.11 Å². The van der Waals surface area contributed by atoms with Gasteiger partial charge >= 0.3 is 5.97 Å². The van der Waals surface area contributed by atoms with E-state index >= 15 is 0 Å². The summed E-state index contributed by atoms with van der Waals surface area (Å²) in [7, 11) is 1.35. The first-order chi connectivity index (χ1) is 8.11. The second kappa shape index (κ2) is 4.81. The van der Waals surface area contributed by atoms with E-state index < -0.39 is 0 Å². The van der Waals surface area contributed by atoms with Crippen LogP contribution in [-0.2, 0) is 4.74 Å². The minimum Gasteiger partial charge on any atom is -0.465 e. The van der Waals surface area contributed by atoms with Gasteiger partial charge in [-0.15, -0.1) is 0 Å². The lowest BCUT2D eigenvalue weighted by molar-refractivity contribution is -0.0496. The standard InChI is InChI=1S/C12H13NO3S/c1-8-7-13(15)11(17-8)9-4-3-5-10(6-9)12(14)16-2/h3-7,11,15H,1-2H3. The number of hydroxylamine groups is 2. The Bertz CT molecular complexity index is 473.